The van der Waals surface area contributed by atoms with Gasteiger partial charge in [-0.05, 0) is 6.42 Å². The highest BCUT2D eigenvalue weighted by Gasteiger charge is 2.36. The second-order valence-electron chi connectivity index (χ2n) is 5.58. The van der Waals surface area contributed by atoms with E-state index in [1.165, 1.54) is 0 Å². The Morgan fingerprint density at radius 2 is 2.05 bits per heavy atom. The molecule has 3 heterocycles. The maximum Gasteiger partial charge on any atom is 0.228 e. The predicted octanol–water partition coefficient (Wildman–Crippen LogP) is -0.944. The molecule has 0 bridgehead atoms. The van der Waals surface area contributed by atoms with Crippen molar-refractivity contribution in [1.29, 1.82) is 0 Å². The Morgan fingerprint density at radius 1 is 1.26 bits per heavy atom. The number of hydrogen-bond donors (Lipinski definition) is 1. The van der Waals surface area contributed by atoms with E-state index in [0.29, 0.717) is 19.0 Å². The zero-order valence-corrected chi connectivity index (χ0v) is 11.1. The third kappa shape index (κ3) is 2.74. The van der Waals surface area contributed by atoms with E-state index in [4.69, 9.17) is 4.74 Å². The summed E-state index contributed by atoms with van der Waals surface area (Å²) in [5.41, 5.74) is 0. The van der Waals surface area contributed by atoms with Crippen molar-refractivity contribution in [1.82, 2.24) is 15.1 Å². The summed E-state index contributed by atoms with van der Waals surface area (Å²) in [6.07, 6.45) is 1.40. The highest BCUT2D eigenvalue weighted by atomic mass is 16.5. The molecular formula is C13H21N3O3. The zero-order chi connectivity index (χ0) is 13.2. The van der Waals surface area contributed by atoms with Crippen molar-refractivity contribution in [2.75, 3.05) is 45.9 Å². The molecule has 106 valence electrons. The van der Waals surface area contributed by atoms with Crippen molar-refractivity contribution in [2.24, 2.45) is 5.92 Å². The van der Waals surface area contributed by atoms with Gasteiger partial charge in [0.2, 0.25) is 11.8 Å². The highest BCUT2D eigenvalue weighted by molar-refractivity contribution is 5.89. The number of amides is 2. The number of ether oxygens (including phenoxy) is 1. The van der Waals surface area contributed by atoms with Crippen LogP contribution in [0.5, 0.6) is 0 Å². The van der Waals surface area contributed by atoms with Crippen LogP contribution in [-0.4, -0.2) is 73.6 Å². The van der Waals surface area contributed by atoms with Gasteiger partial charge in [-0.15, -0.1) is 0 Å². The minimum absolute atomic E-state index is 0.00211. The van der Waals surface area contributed by atoms with Gasteiger partial charge in [-0.2, -0.15) is 0 Å². The van der Waals surface area contributed by atoms with E-state index in [-0.39, 0.29) is 17.7 Å². The minimum atomic E-state index is -0.143. The van der Waals surface area contributed by atoms with Gasteiger partial charge in [0.1, 0.15) is 0 Å². The van der Waals surface area contributed by atoms with E-state index < -0.39 is 0 Å². The van der Waals surface area contributed by atoms with Crippen LogP contribution < -0.4 is 5.32 Å². The summed E-state index contributed by atoms with van der Waals surface area (Å²) in [5, 5.41) is 2.74. The fourth-order valence-electron chi connectivity index (χ4n) is 3.22. The molecule has 2 atom stereocenters. The lowest BCUT2D eigenvalue weighted by molar-refractivity contribution is -0.135. The second-order valence-corrected chi connectivity index (χ2v) is 5.58. The second kappa shape index (κ2) is 5.46. The molecule has 0 aromatic rings. The van der Waals surface area contributed by atoms with E-state index in [9.17, 15) is 9.59 Å². The van der Waals surface area contributed by atoms with Crippen LogP contribution in [0.3, 0.4) is 0 Å². The van der Waals surface area contributed by atoms with Crippen LogP contribution in [0.2, 0.25) is 0 Å². The Hall–Kier alpha value is -1.14. The third-order valence-electron chi connectivity index (χ3n) is 4.36. The average molecular weight is 267 g/mol. The Labute approximate surface area is 113 Å². The summed E-state index contributed by atoms with van der Waals surface area (Å²) in [4.78, 5) is 27.9. The average Bonchev–Trinajstić information content (AvgIpc) is 3.08. The van der Waals surface area contributed by atoms with E-state index in [0.717, 1.165) is 45.8 Å². The summed E-state index contributed by atoms with van der Waals surface area (Å²) in [7, 11) is 0. The van der Waals surface area contributed by atoms with E-state index in [1.807, 2.05) is 4.90 Å². The number of likely N-dealkylation sites (tertiary alicyclic amines) is 1. The molecule has 6 heteroatoms. The molecule has 0 saturated carbocycles. The number of nitrogens with zero attached hydrogens (tertiary/aromatic N) is 2. The summed E-state index contributed by atoms with van der Waals surface area (Å²) in [5.74, 6) is 0.00678. The maximum absolute atomic E-state index is 12.3. The fourth-order valence-corrected chi connectivity index (χ4v) is 3.22. The van der Waals surface area contributed by atoms with Crippen molar-refractivity contribution in [2.45, 2.75) is 18.9 Å². The molecule has 3 aliphatic rings. The topological polar surface area (TPSA) is 61.9 Å². The Bertz CT molecular complexity index is 368. The van der Waals surface area contributed by atoms with Gasteiger partial charge in [0.05, 0.1) is 19.1 Å². The van der Waals surface area contributed by atoms with Gasteiger partial charge in [0.15, 0.2) is 0 Å². The predicted molar refractivity (Wildman–Crippen MR) is 68.5 cm³/mol. The van der Waals surface area contributed by atoms with Crippen LogP contribution in [0.15, 0.2) is 0 Å². The summed E-state index contributed by atoms with van der Waals surface area (Å²) < 4.78 is 5.36. The van der Waals surface area contributed by atoms with E-state index >= 15 is 0 Å². The molecule has 0 aromatic carbocycles. The molecule has 0 aliphatic carbocycles. The van der Waals surface area contributed by atoms with Gasteiger partial charge in [-0.3, -0.25) is 14.5 Å². The summed E-state index contributed by atoms with van der Waals surface area (Å²) in [6, 6.07) is 0.470. The molecule has 3 fully saturated rings. The lowest BCUT2D eigenvalue weighted by Crippen LogP contribution is -2.45. The molecule has 0 spiro atoms. The lowest BCUT2D eigenvalue weighted by atomic mass is 10.1. The number of hydrogen-bond acceptors (Lipinski definition) is 4. The van der Waals surface area contributed by atoms with Gasteiger partial charge >= 0.3 is 0 Å². The summed E-state index contributed by atoms with van der Waals surface area (Å²) >= 11 is 0. The number of carbonyl (C=O) groups excluding carboxylic acids is 2. The number of carbonyl (C=O) groups is 2. The van der Waals surface area contributed by atoms with Crippen molar-refractivity contribution in [3.8, 4) is 0 Å². The first-order valence-electron chi connectivity index (χ1n) is 7.11. The quantitative estimate of drug-likeness (QED) is 0.701. The summed E-state index contributed by atoms with van der Waals surface area (Å²) in [6.45, 7) is 5.68. The van der Waals surface area contributed by atoms with Crippen LogP contribution in [-0.2, 0) is 14.3 Å². The fraction of sp³-hybridized carbons (Fsp3) is 0.846. The molecule has 1 N–H and O–H groups in total. The number of rotatable bonds is 2. The normalized spacial score (nSPS) is 32.6. The first-order valence-corrected chi connectivity index (χ1v) is 7.11. The maximum atomic E-state index is 12.3. The van der Waals surface area contributed by atoms with Gasteiger partial charge in [-0.25, -0.2) is 0 Å². The van der Waals surface area contributed by atoms with Gasteiger partial charge in [0, 0.05) is 45.2 Å². The number of nitrogens with one attached hydrogen (secondary N) is 1. The minimum Gasteiger partial charge on any atom is -0.379 e. The SMILES string of the molecule is O=C1CC(C(=O)N2CCC(N3CCOCC3)C2)CN1. The first kappa shape index (κ1) is 12.9. The molecule has 3 rings (SSSR count). The number of morpholine rings is 1. The molecule has 0 radical (unpaired) electrons. The van der Waals surface area contributed by atoms with Crippen LogP contribution in [0.4, 0.5) is 0 Å². The Kier molecular flexibility index (Phi) is 3.70. The van der Waals surface area contributed by atoms with Gasteiger partial charge < -0.3 is 15.0 Å². The molecule has 0 aromatic heterocycles. The monoisotopic (exact) mass is 267 g/mol. The molecule has 2 amide bonds. The molecule has 19 heavy (non-hydrogen) atoms. The first-order chi connectivity index (χ1) is 9.24. The molecule has 3 saturated heterocycles. The van der Waals surface area contributed by atoms with Crippen molar-refractivity contribution < 1.29 is 14.3 Å². The van der Waals surface area contributed by atoms with Crippen LogP contribution >= 0.6 is 0 Å². The third-order valence-corrected chi connectivity index (χ3v) is 4.36. The Morgan fingerprint density at radius 3 is 2.74 bits per heavy atom. The van der Waals surface area contributed by atoms with Crippen LogP contribution in [0.25, 0.3) is 0 Å². The van der Waals surface area contributed by atoms with Crippen LogP contribution in [0.1, 0.15) is 12.8 Å². The molecule has 6 nitrogen and oxygen atoms in total. The molecular weight excluding hydrogens is 246 g/mol. The van der Waals surface area contributed by atoms with E-state index in [2.05, 4.69) is 10.2 Å². The smallest absolute Gasteiger partial charge is 0.228 e. The molecule has 2 unspecified atom stereocenters. The largest absolute Gasteiger partial charge is 0.379 e. The van der Waals surface area contributed by atoms with Gasteiger partial charge in [0.25, 0.3) is 0 Å². The van der Waals surface area contributed by atoms with Crippen molar-refractivity contribution >= 4 is 11.8 Å². The van der Waals surface area contributed by atoms with Gasteiger partial charge in [-0.1, -0.05) is 0 Å². The standard InChI is InChI=1S/C13H21N3O3/c17-12-7-10(8-14-12)13(18)16-2-1-11(9-16)15-3-5-19-6-4-15/h10-11H,1-9H2,(H,14,17). The molecule has 3 aliphatic heterocycles. The van der Waals surface area contributed by atoms with E-state index in [1.54, 1.807) is 0 Å². The van der Waals surface area contributed by atoms with Crippen LogP contribution in [0, 0.1) is 5.92 Å². The van der Waals surface area contributed by atoms with Crippen molar-refractivity contribution in [3.63, 3.8) is 0 Å². The lowest BCUT2D eigenvalue weighted by Gasteiger charge is -2.32. The zero-order valence-electron chi connectivity index (χ0n) is 11.1. The Balaban J connectivity index is 1.53. The van der Waals surface area contributed by atoms with Crippen molar-refractivity contribution in [3.05, 3.63) is 0 Å². The highest BCUT2D eigenvalue weighted by Crippen LogP contribution is 2.21.